The van der Waals surface area contributed by atoms with Crippen LogP contribution >= 0.6 is 11.3 Å². The third-order valence-electron chi connectivity index (χ3n) is 2.41. The maximum absolute atomic E-state index is 12.5. The molecular formula is C9H8F3NOS. The van der Waals surface area contributed by atoms with Crippen molar-refractivity contribution in [2.75, 3.05) is 0 Å². The van der Waals surface area contributed by atoms with Crippen molar-refractivity contribution < 1.29 is 18.0 Å². The number of Topliss-reactive ketones (excluding diaryl/α,β-unsaturated/α-hetero) is 1. The number of alkyl halides is 3. The van der Waals surface area contributed by atoms with Crippen molar-refractivity contribution in [1.29, 1.82) is 0 Å². The second kappa shape index (κ2) is 3.05. The van der Waals surface area contributed by atoms with Gasteiger partial charge in [-0.2, -0.15) is 13.2 Å². The maximum atomic E-state index is 12.5. The molecule has 0 atom stereocenters. The fourth-order valence-corrected chi connectivity index (χ4v) is 2.10. The Morgan fingerprint density at radius 3 is 2.53 bits per heavy atom. The van der Waals surface area contributed by atoms with Crippen molar-refractivity contribution in [1.82, 2.24) is 0 Å². The highest BCUT2D eigenvalue weighted by atomic mass is 32.1. The van der Waals surface area contributed by atoms with E-state index in [9.17, 15) is 18.0 Å². The van der Waals surface area contributed by atoms with Crippen molar-refractivity contribution in [2.45, 2.75) is 24.6 Å². The summed E-state index contributed by atoms with van der Waals surface area (Å²) >= 11 is 0.527. The molecule has 2 nitrogen and oxygen atoms in total. The first-order valence-corrected chi connectivity index (χ1v) is 5.21. The predicted octanol–water partition coefficient (Wildman–Crippen LogP) is 2.44. The number of nitrogens with two attached hydrogens (primary N) is 1. The van der Waals surface area contributed by atoms with Crippen LogP contribution in [0.1, 0.15) is 28.1 Å². The molecular weight excluding hydrogens is 227 g/mol. The Morgan fingerprint density at radius 1 is 1.47 bits per heavy atom. The molecule has 82 valence electrons. The number of hydrogen-bond acceptors (Lipinski definition) is 3. The molecule has 0 unspecified atom stereocenters. The van der Waals surface area contributed by atoms with Crippen LogP contribution in [0, 0.1) is 0 Å². The second-order valence-corrected chi connectivity index (χ2v) is 4.56. The van der Waals surface area contributed by atoms with Gasteiger partial charge in [0.15, 0.2) is 5.78 Å². The van der Waals surface area contributed by atoms with Gasteiger partial charge in [0.05, 0.1) is 5.54 Å². The van der Waals surface area contributed by atoms with Gasteiger partial charge in [0, 0.05) is 5.56 Å². The van der Waals surface area contributed by atoms with Gasteiger partial charge >= 0.3 is 6.18 Å². The molecule has 0 saturated heterocycles. The number of thiophene rings is 1. The summed E-state index contributed by atoms with van der Waals surface area (Å²) < 4.78 is 37.4. The highest BCUT2D eigenvalue weighted by Crippen LogP contribution is 2.41. The van der Waals surface area contributed by atoms with Crippen LogP contribution < -0.4 is 5.73 Å². The highest BCUT2D eigenvalue weighted by Gasteiger charge is 2.49. The third-order valence-corrected chi connectivity index (χ3v) is 3.37. The van der Waals surface area contributed by atoms with Gasteiger partial charge in [0.25, 0.3) is 0 Å². The van der Waals surface area contributed by atoms with Gasteiger partial charge in [-0.05, 0) is 24.3 Å². The summed E-state index contributed by atoms with van der Waals surface area (Å²) in [5.74, 6) is -0.587. The lowest BCUT2D eigenvalue weighted by Gasteiger charge is -2.10. The summed E-state index contributed by atoms with van der Waals surface area (Å²) in [6.07, 6.45) is -3.53. The summed E-state index contributed by atoms with van der Waals surface area (Å²) in [6.45, 7) is 0. The van der Waals surface area contributed by atoms with Crippen LogP contribution in [0.4, 0.5) is 13.2 Å². The molecule has 15 heavy (non-hydrogen) atoms. The first-order chi connectivity index (χ1) is 6.84. The van der Waals surface area contributed by atoms with Crippen molar-refractivity contribution in [2.24, 2.45) is 5.73 Å². The number of carbonyl (C=O) groups is 1. The first kappa shape index (κ1) is 10.6. The lowest BCUT2D eigenvalue weighted by atomic mass is 10.0. The standard InChI is InChI=1S/C9H8F3NOS/c10-9(11,12)7-5(1-4-15-7)6(14)8(13)2-3-8/h1,4H,2-3,13H2. The highest BCUT2D eigenvalue weighted by molar-refractivity contribution is 7.10. The number of rotatable bonds is 2. The summed E-state index contributed by atoms with van der Waals surface area (Å²) in [7, 11) is 0. The van der Waals surface area contributed by atoms with E-state index in [1.54, 1.807) is 0 Å². The number of halogens is 3. The average Bonchev–Trinajstić information content (AvgIpc) is 2.67. The predicted molar refractivity (Wildman–Crippen MR) is 49.8 cm³/mol. The molecule has 6 heteroatoms. The molecule has 1 aliphatic rings. The lowest BCUT2D eigenvalue weighted by molar-refractivity contribution is -0.134. The third kappa shape index (κ3) is 1.79. The molecule has 2 rings (SSSR count). The zero-order valence-electron chi connectivity index (χ0n) is 7.60. The summed E-state index contributed by atoms with van der Waals surface area (Å²) in [4.78, 5) is 10.8. The van der Waals surface area contributed by atoms with E-state index in [-0.39, 0.29) is 5.56 Å². The molecule has 1 aromatic heterocycles. The molecule has 0 aromatic carbocycles. The minimum absolute atomic E-state index is 0.285. The number of hydrogen-bond donors (Lipinski definition) is 1. The molecule has 0 spiro atoms. The lowest BCUT2D eigenvalue weighted by Crippen LogP contribution is -2.33. The van der Waals surface area contributed by atoms with E-state index in [1.807, 2.05) is 0 Å². The fraction of sp³-hybridized carbons (Fsp3) is 0.444. The van der Waals surface area contributed by atoms with Crippen LogP contribution in [-0.2, 0) is 6.18 Å². The Bertz CT molecular complexity index is 406. The minimum Gasteiger partial charge on any atom is -0.319 e. The monoisotopic (exact) mass is 235 g/mol. The van der Waals surface area contributed by atoms with Gasteiger partial charge in [0.2, 0.25) is 0 Å². The van der Waals surface area contributed by atoms with Crippen molar-refractivity contribution in [3.05, 3.63) is 21.9 Å². The van der Waals surface area contributed by atoms with E-state index in [0.29, 0.717) is 24.2 Å². The van der Waals surface area contributed by atoms with Gasteiger partial charge in [-0.25, -0.2) is 0 Å². The zero-order chi connectivity index (χ0) is 11.3. The Labute approximate surface area is 87.9 Å². The fourth-order valence-electron chi connectivity index (χ4n) is 1.34. The Balaban J connectivity index is 2.37. The largest absolute Gasteiger partial charge is 0.426 e. The normalized spacial score (nSPS) is 18.9. The molecule has 0 radical (unpaired) electrons. The van der Waals surface area contributed by atoms with Crippen molar-refractivity contribution >= 4 is 17.1 Å². The van der Waals surface area contributed by atoms with E-state index in [0.717, 1.165) is 0 Å². The number of carbonyl (C=O) groups excluding carboxylic acids is 1. The summed E-state index contributed by atoms with van der Waals surface area (Å²) in [5, 5.41) is 1.27. The first-order valence-electron chi connectivity index (χ1n) is 4.33. The molecule has 1 fully saturated rings. The molecule has 1 aromatic rings. The van der Waals surface area contributed by atoms with Crippen LogP contribution in [0.15, 0.2) is 11.4 Å². The molecule has 1 saturated carbocycles. The van der Waals surface area contributed by atoms with Gasteiger partial charge in [0.1, 0.15) is 4.88 Å². The molecule has 2 N–H and O–H groups in total. The van der Waals surface area contributed by atoms with Crippen LogP contribution in [0.3, 0.4) is 0 Å². The number of ketones is 1. The Kier molecular flexibility index (Phi) is 2.16. The van der Waals surface area contributed by atoms with Crippen LogP contribution in [0.5, 0.6) is 0 Å². The minimum atomic E-state index is -4.47. The van der Waals surface area contributed by atoms with Gasteiger partial charge in [-0.15, -0.1) is 11.3 Å². The topological polar surface area (TPSA) is 43.1 Å². The Hall–Kier alpha value is -0.880. The molecule has 0 bridgehead atoms. The quantitative estimate of drug-likeness (QED) is 0.800. The van der Waals surface area contributed by atoms with Crippen LogP contribution in [-0.4, -0.2) is 11.3 Å². The van der Waals surface area contributed by atoms with Gasteiger partial charge in [-0.3, -0.25) is 4.79 Å². The average molecular weight is 235 g/mol. The smallest absolute Gasteiger partial charge is 0.319 e. The molecule has 0 amide bonds. The summed E-state index contributed by atoms with van der Waals surface area (Å²) in [5.41, 5.74) is 4.26. The van der Waals surface area contributed by atoms with Crippen molar-refractivity contribution in [3.8, 4) is 0 Å². The maximum Gasteiger partial charge on any atom is 0.426 e. The van der Waals surface area contributed by atoms with Crippen molar-refractivity contribution in [3.63, 3.8) is 0 Å². The van der Waals surface area contributed by atoms with Gasteiger partial charge < -0.3 is 5.73 Å². The van der Waals surface area contributed by atoms with E-state index in [1.165, 1.54) is 11.4 Å². The van der Waals surface area contributed by atoms with E-state index < -0.39 is 22.4 Å². The van der Waals surface area contributed by atoms with E-state index in [4.69, 9.17) is 5.73 Å². The van der Waals surface area contributed by atoms with E-state index >= 15 is 0 Å². The van der Waals surface area contributed by atoms with E-state index in [2.05, 4.69) is 0 Å². The molecule has 1 heterocycles. The summed E-state index contributed by atoms with van der Waals surface area (Å²) in [6, 6.07) is 1.20. The Morgan fingerprint density at radius 2 is 2.07 bits per heavy atom. The molecule has 1 aliphatic carbocycles. The zero-order valence-corrected chi connectivity index (χ0v) is 8.41. The molecule has 0 aliphatic heterocycles. The SMILES string of the molecule is NC1(C(=O)c2ccsc2C(F)(F)F)CC1. The van der Waals surface area contributed by atoms with Gasteiger partial charge in [-0.1, -0.05) is 0 Å². The second-order valence-electron chi connectivity index (χ2n) is 3.65. The van der Waals surface area contributed by atoms with Crippen LogP contribution in [0.25, 0.3) is 0 Å². The van der Waals surface area contributed by atoms with Crippen LogP contribution in [0.2, 0.25) is 0 Å².